The van der Waals surface area contributed by atoms with Crippen molar-refractivity contribution in [3.8, 4) is 0 Å². The van der Waals surface area contributed by atoms with Crippen molar-refractivity contribution in [1.29, 1.82) is 0 Å². The smallest absolute Gasteiger partial charge is 0.251 e. The van der Waals surface area contributed by atoms with Crippen LogP contribution in [-0.2, 0) is 6.54 Å². The number of thiophene rings is 1. The molecule has 0 atom stereocenters. The highest BCUT2D eigenvalue weighted by molar-refractivity contribution is 7.18. The molecule has 0 spiro atoms. The molecule has 2 heterocycles. The summed E-state index contributed by atoms with van der Waals surface area (Å²) in [5, 5.41) is 7.14. The summed E-state index contributed by atoms with van der Waals surface area (Å²) in [5.41, 5.74) is 1.72. The zero-order valence-corrected chi connectivity index (χ0v) is 14.2. The summed E-state index contributed by atoms with van der Waals surface area (Å²) >= 11 is 1.66. The number of nitrogens with one attached hydrogen (secondary N) is 2. The Morgan fingerprint density at radius 1 is 1.29 bits per heavy atom. The van der Waals surface area contributed by atoms with Crippen molar-refractivity contribution >= 4 is 33.3 Å². The van der Waals surface area contributed by atoms with Crippen molar-refractivity contribution in [2.24, 2.45) is 0 Å². The molecule has 5 nitrogen and oxygen atoms in total. The van der Waals surface area contributed by atoms with Crippen LogP contribution in [0.1, 0.15) is 20.8 Å². The number of anilines is 1. The van der Waals surface area contributed by atoms with E-state index in [-0.39, 0.29) is 5.91 Å². The number of rotatable bonds is 6. The predicted octanol–water partition coefficient (Wildman–Crippen LogP) is 3.53. The zero-order chi connectivity index (χ0) is 16.9. The van der Waals surface area contributed by atoms with Gasteiger partial charge in [0.15, 0.2) is 0 Å². The lowest BCUT2D eigenvalue weighted by Gasteiger charge is -2.07. The standard InChI is InChI=1S/C18H18N4OS/c1-3-8-19-17(23)14-6-4-13(5-7-14)10-20-16-15-9-12(2)24-18(15)22-11-21-16/h3-7,9,11H,1,8,10H2,2H3,(H,19,23)(H,20,21,22). The number of hydrogen-bond donors (Lipinski definition) is 2. The molecule has 0 saturated carbocycles. The van der Waals surface area contributed by atoms with E-state index in [4.69, 9.17) is 0 Å². The summed E-state index contributed by atoms with van der Waals surface area (Å²) in [7, 11) is 0. The number of carbonyl (C=O) groups excluding carboxylic acids is 1. The van der Waals surface area contributed by atoms with Crippen LogP contribution in [0.25, 0.3) is 10.2 Å². The minimum atomic E-state index is -0.0966. The topological polar surface area (TPSA) is 66.9 Å². The number of aromatic nitrogens is 2. The van der Waals surface area contributed by atoms with E-state index in [0.29, 0.717) is 18.7 Å². The van der Waals surface area contributed by atoms with Crippen LogP contribution in [0.5, 0.6) is 0 Å². The molecule has 0 bridgehead atoms. The molecular formula is C18H18N4OS. The number of fused-ring (bicyclic) bond motifs is 1. The van der Waals surface area contributed by atoms with Crippen molar-refractivity contribution in [2.75, 3.05) is 11.9 Å². The summed E-state index contributed by atoms with van der Waals surface area (Å²) in [6, 6.07) is 9.61. The van der Waals surface area contributed by atoms with Gasteiger partial charge in [-0.3, -0.25) is 4.79 Å². The highest BCUT2D eigenvalue weighted by Crippen LogP contribution is 2.27. The van der Waals surface area contributed by atoms with Gasteiger partial charge in [-0.1, -0.05) is 18.2 Å². The molecule has 0 aliphatic heterocycles. The first-order valence-corrected chi connectivity index (χ1v) is 8.42. The van der Waals surface area contributed by atoms with E-state index >= 15 is 0 Å². The average Bonchev–Trinajstić information content (AvgIpc) is 2.99. The van der Waals surface area contributed by atoms with Gasteiger partial charge in [-0.25, -0.2) is 9.97 Å². The zero-order valence-electron chi connectivity index (χ0n) is 13.4. The van der Waals surface area contributed by atoms with Crippen molar-refractivity contribution in [3.05, 3.63) is 65.3 Å². The summed E-state index contributed by atoms with van der Waals surface area (Å²) in [5.74, 6) is 0.734. The lowest BCUT2D eigenvalue weighted by Crippen LogP contribution is -2.23. The van der Waals surface area contributed by atoms with Gasteiger partial charge in [0.2, 0.25) is 0 Å². The first-order valence-electron chi connectivity index (χ1n) is 7.60. The van der Waals surface area contributed by atoms with Crippen LogP contribution in [0.3, 0.4) is 0 Å². The van der Waals surface area contributed by atoms with Gasteiger partial charge in [-0.15, -0.1) is 17.9 Å². The van der Waals surface area contributed by atoms with Gasteiger partial charge in [0.1, 0.15) is 17.0 Å². The fourth-order valence-electron chi connectivity index (χ4n) is 2.34. The van der Waals surface area contributed by atoms with Crippen LogP contribution < -0.4 is 10.6 Å². The number of carbonyl (C=O) groups is 1. The van der Waals surface area contributed by atoms with Crippen molar-refractivity contribution in [2.45, 2.75) is 13.5 Å². The summed E-state index contributed by atoms with van der Waals surface area (Å²) in [6.07, 6.45) is 3.23. The van der Waals surface area contributed by atoms with Gasteiger partial charge >= 0.3 is 0 Å². The minimum Gasteiger partial charge on any atom is -0.365 e. The maximum absolute atomic E-state index is 11.9. The number of nitrogens with zero attached hydrogens (tertiary/aromatic N) is 2. The Morgan fingerprint density at radius 3 is 2.83 bits per heavy atom. The maximum Gasteiger partial charge on any atom is 0.251 e. The van der Waals surface area contributed by atoms with Gasteiger partial charge < -0.3 is 10.6 Å². The Balaban J connectivity index is 1.68. The van der Waals surface area contributed by atoms with Crippen LogP contribution in [0.2, 0.25) is 0 Å². The molecule has 0 saturated heterocycles. The minimum absolute atomic E-state index is 0.0966. The highest BCUT2D eigenvalue weighted by atomic mass is 32.1. The quantitative estimate of drug-likeness (QED) is 0.675. The highest BCUT2D eigenvalue weighted by Gasteiger charge is 2.07. The van der Waals surface area contributed by atoms with Crippen LogP contribution in [0.4, 0.5) is 5.82 Å². The first-order chi connectivity index (χ1) is 11.7. The number of hydrogen-bond acceptors (Lipinski definition) is 5. The largest absolute Gasteiger partial charge is 0.365 e. The van der Waals surface area contributed by atoms with E-state index < -0.39 is 0 Å². The third kappa shape index (κ3) is 3.60. The second kappa shape index (κ2) is 7.23. The molecule has 1 amide bonds. The van der Waals surface area contributed by atoms with Crippen LogP contribution in [0, 0.1) is 6.92 Å². The average molecular weight is 338 g/mol. The van der Waals surface area contributed by atoms with Crippen molar-refractivity contribution in [3.63, 3.8) is 0 Å². The third-order valence-corrected chi connectivity index (χ3v) is 4.49. The van der Waals surface area contributed by atoms with Crippen molar-refractivity contribution in [1.82, 2.24) is 15.3 Å². The molecule has 24 heavy (non-hydrogen) atoms. The van der Waals surface area contributed by atoms with Crippen LogP contribution >= 0.6 is 11.3 Å². The van der Waals surface area contributed by atoms with Gasteiger partial charge in [0.25, 0.3) is 5.91 Å². The fraction of sp³-hybridized carbons (Fsp3) is 0.167. The molecule has 0 unspecified atom stereocenters. The molecule has 3 rings (SSSR count). The monoisotopic (exact) mass is 338 g/mol. The molecule has 6 heteroatoms. The Hall–Kier alpha value is -2.73. The lowest BCUT2D eigenvalue weighted by atomic mass is 10.1. The van der Waals surface area contributed by atoms with Crippen molar-refractivity contribution < 1.29 is 4.79 Å². The van der Waals surface area contributed by atoms with Gasteiger partial charge in [-0.2, -0.15) is 0 Å². The Labute approximate surface area is 144 Å². The second-order valence-electron chi connectivity index (χ2n) is 5.35. The molecule has 0 aliphatic rings. The number of aryl methyl sites for hydroxylation is 1. The second-order valence-corrected chi connectivity index (χ2v) is 6.58. The van der Waals surface area contributed by atoms with E-state index in [0.717, 1.165) is 21.6 Å². The molecule has 0 radical (unpaired) electrons. The van der Waals surface area contributed by atoms with E-state index in [2.05, 4.69) is 40.2 Å². The first kappa shape index (κ1) is 16.1. The predicted molar refractivity (Wildman–Crippen MR) is 98.5 cm³/mol. The summed E-state index contributed by atoms with van der Waals surface area (Å²) in [4.78, 5) is 22.7. The Morgan fingerprint density at radius 2 is 2.08 bits per heavy atom. The van der Waals surface area contributed by atoms with Crippen LogP contribution in [0.15, 0.2) is 49.3 Å². The van der Waals surface area contributed by atoms with Gasteiger partial charge in [-0.05, 0) is 30.7 Å². The Kier molecular flexibility index (Phi) is 4.86. The summed E-state index contributed by atoms with van der Waals surface area (Å²) < 4.78 is 0. The molecule has 0 aliphatic carbocycles. The third-order valence-electron chi connectivity index (χ3n) is 3.54. The molecule has 122 valence electrons. The normalized spacial score (nSPS) is 10.5. The van der Waals surface area contributed by atoms with Gasteiger partial charge in [0, 0.05) is 23.5 Å². The molecule has 1 aromatic carbocycles. The summed E-state index contributed by atoms with van der Waals surface area (Å²) in [6.45, 7) is 6.74. The van der Waals surface area contributed by atoms with Gasteiger partial charge in [0.05, 0.1) is 5.39 Å². The molecule has 2 N–H and O–H groups in total. The van der Waals surface area contributed by atoms with E-state index in [1.54, 1.807) is 23.7 Å². The number of amides is 1. The van der Waals surface area contributed by atoms with Crippen LogP contribution in [-0.4, -0.2) is 22.4 Å². The Bertz CT molecular complexity index is 870. The van der Waals surface area contributed by atoms with E-state index in [1.807, 2.05) is 24.3 Å². The molecule has 0 fully saturated rings. The van der Waals surface area contributed by atoms with E-state index in [9.17, 15) is 4.79 Å². The fourth-order valence-corrected chi connectivity index (χ4v) is 3.19. The lowest BCUT2D eigenvalue weighted by molar-refractivity contribution is 0.0958. The SMILES string of the molecule is C=CCNC(=O)c1ccc(CNc2ncnc3sc(C)cc23)cc1. The molecule has 3 aromatic rings. The molecular weight excluding hydrogens is 320 g/mol. The van der Waals surface area contributed by atoms with E-state index in [1.165, 1.54) is 4.88 Å². The maximum atomic E-state index is 11.9. The number of benzene rings is 1. The molecule has 2 aromatic heterocycles.